The van der Waals surface area contributed by atoms with Gasteiger partial charge in [-0.15, -0.1) is 11.3 Å². The quantitative estimate of drug-likeness (QED) is 0.0723. The minimum Gasteiger partial charge on any atom is -0.398 e. The minimum atomic E-state index is -2.94. The second-order valence-corrected chi connectivity index (χ2v) is 19.2. The van der Waals surface area contributed by atoms with Gasteiger partial charge >= 0.3 is 0 Å². The van der Waals surface area contributed by atoms with Crippen molar-refractivity contribution in [3.8, 4) is 0 Å². The number of hydrogen-bond acceptors (Lipinski definition) is 7. The van der Waals surface area contributed by atoms with Crippen LogP contribution >= 0.6 is 20.6 Å². The molecule has 0 bridgehead atoms. The second kappa shape index (κ2) is 22.6. The average molecular weight is 819 g/mol. The van der Waals surface area contributed by atoms with Gasteiger partial charge < -0.3 is 21.7 Å². The molecule has 2 aromatic rings. The zero-order valence-electron chi connectivity index (χ0n) is 36.0. The number of benzene rings is 1. The lowest BCUT2D eigenvalue weighted by Crippen LogP contribution is -2.80. The van der Waals surface area contributed by atoms with Crippen molar-refractivity contribution in [2.24, 2.45) is 5.92 Å². The van der Waals surface area contributed by atoms with Crippen LogP contribution in [-0.2, 0) is 16.9 Å². The molecule has 318 valence electrons. The normalized spacial score (nSPS) is 25.2. The monoisotopic (exact) mass is 819 g/mol. The van der Waals surface area contributed by atoms with Crippen LogP contribution in [0.25, 0.3) is 0 Å². The number of halogens is 2. The Labute approximate surface area is 345 Å². The first-order chi connectivity index (χ1) is 26.7. The van der Waals surface area contributed by atoms with E-state index in [2.05, 4.69) is 58.9 Å². The van der Waals surface area contributed by atoms with E-state index in [9.17, 15) is 13.6 Å². The summed E-state index contributed by atoms with van der Waals surface area (Å²) >= 11 is 1.66. The van der Waals surface area contributed by atoms with E-state index < -0.39 is 5.66 Å². The highest BCUT2D eigenvalue weighted by Gasteiger charge is 2.62. The SMILES string of the molecule is CCCCc1cscc1NC(=O)CCC.CNCCC(C)CCCCCC1CCN(C2CC3CC4(C)CC(C2)N34)CCN1.Cc1cc(C)c(N)c(C(F)(F)P)c1. The maximum atomic E-state index is 13.0. The van der Waals surface area contributed by atoms with Gasteiger partial charge in [0.05, 0.1) is 5.69 Å². The van der Waals surface area contributed by atoms with Crippen molar-refractivity contribution in [3.63, 3.8) is 0 Å². The summed E-state index contributed by atoms with van der Waals surface area (Å²) in [4.78, 5) is 17.2. The molecule has 4 aliphatic rings. The van der Waals surface area contributed by atoms with E-state index >= 15 is 0 Å². The molecule has 0 aliphatic carbocycles. The van der Waals surface area contributed by atoms with Crippen LogP contribution in [0.3, 0.4) is 0 Å². The highest BCUT2D eigenvalue weighted by molar-refractivity contribution is 7.17. The van der Waals surface area contributed by atoms with E-state index in [1.807, 2.05) is 12.3 Å². The van der Waals surface area contributed by atoms with E-state index in [0.717, 1.165) is 54.2 Å². The molecule has 1 aromatic heterocycles. The first-order valence-electron chi connectivity index (χ1n) is 22.0. The number of unbranched alkanes of at least 4 members (excludes halogenated alkanes) is 3. The maximum Gasteiger partial charge on any atom is 0.285 e. The maximum absolute atomic E-state index is 13.0. The third-order valence-corrected chi connectivity index (χ3v) is 13.9. The Morgan fingerprint density at radius 2 is 1.79 bits per heavy atom. The third kappa shape index (κ3) is 13.7. The second-order valence-electron chi connectivity index (χ2n) is 17.7. The van der Waals surface area contributed by atoms with Crippen LogP contribution in [0.1, 0.15) is 146 Å². The molecule has 0 saturated carbocycles. The molecule has 11 heteroatoms. The summed E-state index contributed by atoms with van der Waals surface area (Å²) in [6, 6.07) is 6.68. The van der Waals surface area contributed by atoms with Gasteiger partial charge in [-0.05, 0) is 134 Å². The third-order valence-electron chi connectivity index (χ3n) is 12.8. The smallest absolute Gasteiger partial charge is 0.285 e. The van der Waals surface area contributed by atoms with Gasteiger partial charge in [-0.25, -0.2) is 0 Å². The summed E-state index contributed by atoms with van der Waals surface area (Å²) in [6.07, 6.45) is 20.6. The highest BCUT2D eigenvalue weighted by Crippen LogP contribution is 2.56. The van der Waals surface area contributed by atoms with Crippen molar-refractivity contribution >= 4 is 37.9 Å². The van der Waals surface area contributed by atoms with Crippen LogP contribution in [-0.4, -0.2) is 78.6 Å². The van der Waals surface area contributed by atoms with Crippen LogP contribution in [0, 0.1) is 19.8 Å². The van der Waals surface area contributed by atoms with Gasteiger partial charge in [0, 0.05) is 65.8 Å². The van der Waals surface area contributed by atoms with Crippen LogP contribution in [0.4, 0.5) is 20.2 Å². The summed E-state index contributed by atoms with van der Waals surface area (Å²) in [5.74, 6) is 1.02. The number of nitrogen functional groups attached to an aromatic ring is 1. The number of nitrogens with one attached hydrogen (secondary N) is 3. The Bertz CT molecular complexity index is 1470. The van der Waals surface area contributed by atoms with Crippen molar-refractivity contribution in [1.82, 2.24) is 20.4 Å². The Morgan fingerprint density at radius 1 is 1.05 bits per heavy atom. The van der Waals surface area contributed by atoms with Gasteiger partial charge in [0.2, 0.25) is 5.91 Å². The Hall–Kier alpha value is -1.68. The number of aryl methyl sites for hydroxylation is 3. The first kappa shape index (κ1) is 47.0. The highest BCUT2D eigenvalue weighted by atomic mass is 32.1. The number of hydrogen-bond donors (Lipinski definition) is 4. The molecule has 0 spiro atoms. The molecular weight excluding hydrogens is 742 g/mol. The molecule has 5 atom stereocenters. The fourth-order valence-corrected chi connectivity index (χ4v) is 10.8. The number of carbonyl (C=O) groups excluding carboxylic acids is 1. The van der Waals surface area contributed by atoms with Crippen LogP contribution in [0.2, 0.25) is 0 Å². The summed E-state index contributed by atoms with van der Waals surface area (Å²) < 4.78 is 25.9. The van der Waals surface area contributed by atoms with Crippen molar-refractivity contribution in [2.45, 2.75) is 180 Å². The summed E-state index contributed by atoms with van der Waals surface area (Å²) in [5.41, 5.74) is 7.07. The molecule has 0 radical (unpaired) electrons. The minimum absolute atomic E-state index is 0.116. The molecular formula is C45H77F2N6OPS. The van der Waals surface area contributed by atoms with Crippen molar-refractivity contribution in [2.75, 3.05) is 44.3 Å². The van der Waals surface area contributed by atoms with Crippen molar-refractivity contribution in [1.29, 1.82) is 0 Å². The van der Waals surface area contributed by atoms with Crippen LogP contribution in [0.15, 0.2) is 22.9 Å². The molecule has 5 heterocycles. The molecule has 56 heavy (non-hydrogen) atoms. The fourth-order valence-electron chi connectivity index (χ4n) is 9.72. The largest absolute Gasteiger partial charge is 0.398 e. The molecule has 7 nitrogen and oxygen atoms in total. The number of amides is 1. The lowest BCUT2D eigenvalue weighted by Gasteiger charge is -2.73. The molecule has 5 N–H and O–H groups in total. The van der Waals surface area contributed by atoms with Gasteiger partial charge in [0.1, 0.15) is 0 Å². The standard InChI is InChI=1S/C24H46N4.C12H19NOS.C9H12F2NP/c1-19(9-11-25-3)7-5-4-6-8-20-10-13-27(14-12-26-20)21-15-22-17-24(2)18-23(16-21)28(22)24;1-3-5-7-10-8-15-9-11(10)13-12(14)6-4-2;1-5-3-6(2)8(12)7(4-5)9(10,11)13/h19-23,25-26H,4-18H2,1-3H3;8-9H,3-7H2,1-2H3,(H,13,14);3-4H,12-13H2,1-2H3. The topological polar surface area (TPSA) is 85.7 Å². The lowest BCUT2D eigenvalue weighted by atomic mass is 9.60. The summed E-state index contributed by atoms with van der Waals surface area (Å²) in [6.45, 7) is 17.6. The predicted molar refractivity (Wildman–Crippen MR) is 239 cm³/mol. The van der Waals surface area contributed by atoms with Crippen molar-refractivity contribution in [3.05, 3.63) is 45.1 Å². The van der Waals surface area contributed by atoms with Gasteiger partial charge in [-0.2, -0.15) is 8.78 Å². The molecule has 4 aliphatic heterocycles. The molecule has 6 rings (SSSR count). The van der Waals surface area contributed by atoms with Crippen LogP contribution < -0.4 is 21.7 Å². The molecule has 1 aromatic carbocycles. The van der Waals surface area contributed by atoms with E-state index in [-0.39, 0.29) is 17.2 Å². The number of alkyl halides is 2. The zero-order chi connectivity index (χ0) is 40.9. The van der Waals surface area contributed by atoms with Crippen molar-refractivity contribution < 1.29 is 13.6 Å². The number of piperidine rings is 2. The van der Waals surface area contributed by atoms with E-state index in [1.54, 1.807) is 31.3 Å². The number of anilines is 2. The van der Waals surface area contributed by atoms with Gasteiger partial charge in [0.25, 0.3) is 5.66 Å². The van der Waals surface area contributed by atoms with Gasteiger partial charge in [-0.1, -0.05) is 73.7 Å². The van der Waals surface area contributed by atoms with Gasteiger partial charge in [0.15, 0.2) is 0 Å². The molecule has 5 unspecified atom stereocenters. The van der Waals surface area contributed by atoms with Gasteiger partial charge in [-0.3, -0.25) is 14.6 Å². The Kier molecular flexibility index (Phi) is 19.0. The molecule has 4 saturated heterocycles. The number of carbonyl (C=O) groups is 1. The summed E-state index contributed by atoms with van der Waals surface area (Å²) in [5, 5.41) is 14.3. The Morgan fingerprint density at radius 3 is 2.43 bits per heavy atom. The van der Waals surface area contributed by atoms with Crippen LogP contribution in [0.5, 0.6) is 0 Å². The summed E-state index contributed by atoms with van der Waals surface area (Å²) in [7, 11) is 3.56. The zero-order valence-corrected chi connectivity index (χ0v) is 37.9. The average Bonchev–Trinajstić information content (AvgIpc) is 3.43. The number of rotatable bonds is 17. The molecule has 1 amide bonds. The van der Waals surface area contributed by atoms with E-state index in [0.29, 0.717) is 17.5 Å². The number of nitrogens with two attached hydrogens (primary N) is 1. The lowest BCUT2D eigenvalue weighted by molar-refractivity contribution is -0.220. The molecule has 4 fully saturated rings. The predicted octanol–water partition coefficient (Wildman–Crippen LogP) is 10.3. The van der Waals surface area contributed by atoms with E-state index in [1.165, 1.54) is 131 Å². The first-order valence-corrected chi connectivity index (χ1v) is 23.5. The number of nitrogens with zero attached hydrogens (tertiary/aromatic N) is 2. The Balaban J connectivity index is 0.000000209. The fraction of sp³-hybridized carbons (Fsp3) is 0.756. The number of thiophene rings is 1. The van der Waals surface area contributed by atoms with E-state index in [4.69, 9.17) is 5.73 Å².